The summed E-state index contributed by atoms with van der Waals surface area (Å²) in [7, 11) is 0. The fourth-order valence-electron chi connectivity index (χ4n) is 2.53. The van der Waals surface area contributed by atoms with E-state index in [1.165, 1.54) is 36.0 Å². The molecule has 0 radical (unpaired) electrons. The van der Waals surface area contributed by atoms with Crippen LogP contribution in [0.5, 0.6) is 0 Å². The molecule has 29 heavy (non-hydrogen) atoms. The summed E-state index contributed by atoms with van der Waals surface area (Å²) in [4.78, 5) is 35.5. The van der Waals surface area contributed by atoms with E-state index in [0.29, 0.717) is 17.9 Å². The molecule has 0 aromatic heterocycles. The van der Waals surface area contributed by atoms with Crippen molar-refractivity contribution in [3.05, 3.63) is 69.8 Å². The maximum Gasteiger partial charge on any atom is 0.270 e. The number of nitriles is 1. The van der Waals surface area contributed by atoms with Crippen molar-refractivity contribution >= 4 is 35.0 Å². The summed E-state index contributed by atoms with van der Waals surface area (Å²) < 4.78 is 0. The number of nitro benzene ring substituents is 1. The Morgan fingerprint density at radius 3 is 2.59 bits per heavy atom. The lowest BCUT2D eigenvalue weighted by Gasteiger charge is -2.18. The Labute approximate surface area is 172 Å². The first-order valence-corrected chi connectivity index (χ1v) is 10.1. The van der Waals surface area contributed by atoms with E-state index in [2.05, 4.69) is 16.7 Å². The maximum atomic E-state index is 12.7. The van der Waals surface area contributed by atoms with Gasteiger partial charge in [0.1, 0.15) is 6.04 Å². The molecule has 8 nitrogen and oxygen atoms in total. The number of non-ortho nitro benzene ring substituents is 1. The molecule has 2 N–H and O–H groups in total. The molecule has 2 aromatic rings. The lowest BCUT2D eigenvalue weighted by atomic mass is 10.1. The highest BCUT2D eigenvalue weighted by Crippen LogP contribution is 2.15. The van der Waals surface area contributed by atoms with Crippen LogP contribution in [0.25, 0.3) is 0 Å². The zero-order valence-electron chi connectivity index (χ0n) is 15.8. The molecular formula is C20H20N4O4S. The van der Waals surface area contributed by atoms with Gasteiger partial charge in [0.05, 0.1) is 17.4 Å². The number of hydrogen-bond donors (Lipinski definition) is 2. The Hall–Kier alpha value is -3.38. The van der Waals surface area contributed by atoms with Crippen molar-refractivity contribution in [1.29, 1.82) is 5.26 Å². The summed E-state index contributed by atoms with van der Waals surface area (Å²) >= 11 is 1.54. The number of hydrogen-bond acceptors (Lipinski definition) is 6. The number of amides is 2. The topological polar surface area (TPSA) is 125 Å². The third kappa shape index (κ3) is 6.62. The Morgan fingerprint density at radius 1 is 1.24 bits per heavy atom. The summed E-state index contributed by atoms with van der Waals surface area (Å²) in [6.07, 6.45) is 2.58. The van der Waals surface area contributed by atoms with E-state index in [9.17, 15) is 19.7 Å². The van der Waals surface area contributed by atoms with Crippen LogP contribution in [0, 0.1) is 21.4 Å². The van der Waals surface area contributed by atoms with Crippen LogP contribution in [0.3, 0.4) is 0 Å². The largest absolute Gasteiger partial charge is 0.340 e. The lowest BCUT2D eigenvalue weighted by molar-refractivity contribution is -0.384. The number of nitrogens with one attached hydrogen (secondary N) is 2. The summed E-state index contributed by atoms with van der Waals surface area (Å²) in [5.41, 5.74) is 1.31. The van der Waals surface area contributed by atoms with Gasteiger partial charge in [0.15, 0.2) is 0 Å². The van der Waals surface area contributed by atoms with E-state index in [1.54, 1.807) is 24.3 Å². The van der Waals surface area contributed by atoms with Crippen LogP contribution in [-0.4, -0.2) is 34.8 Å². The summed E-state index contributed by atoms with van der Waals surface area (Å²) in [5, 5.41) is 25.0. The molecule has 0 saturated heterocycles. The van der Waals surface area contributed by atoms with Crippen molar-refractivity contribution in [2.45, 2.75) is 18.9 Å². The Kier molecular flexibility index (Phi) is 8.18. The van der Waals surface area contributed by atoms with Gasteiger partial charge in [-0.15, -0.1) is 0 Å². The molecule has 0 unspecified atom stereocenters. The molecular weight excluding hydrogens is 392 g/mol. The van der Waals surface area contributed by atoms with Crippen LogP contribution in [0.2, 0.25) is 0 Å². The number of anilines is 1. The van der Waals surface area contributed by atoms with E-state index in [-0.39, 0.29) is 23.6 Å². The van der Waals surface area contributed by atoms with Crippen LogP contribution < -0.4 is 10.6 Å². The van der Waals surface area contributed by atoms with Gasteiger partial charge in [0, 0.05) is 23.4 Å². The van der Waals surface area contributed by atoms with E-state index < -0.39 is 16.9 Å². The first kappa shape index (κ1) is 21.9. The molecule has 0 fully saturated rings. The quantitative estimate of drug-likeness (QED) is 0.481. The normalized spacial score (nSPS) is 11.2. The monoisotopic (exact) mass is 412 g/mol. The van der Waals surface area contributed by atoms with Crippen LogP contribution >= 0.6 is 11.8 Å². The van der Waals surface area contributed by atoms with Crippen LogP contribution in [-0.2, 0) is 11.2 Å². The molecule has 2 rings (SSSR count). The first-order valence-electron chi connectivity index (χ1n) is 8.75. The molecule has 0 bridgehead atoms. The number of carbonyl (C=O) groups excluding carboxylic acids is 2. The van der Waals surface area contributed by atoms with E-state index in [4.69, 9.17) is 5.26 Å². The predicted molar refractivity (Wildman–Crippen MR) is 112 cm³/mol. The van der Waals surface area contributed by atoms with Crippen molar-refractivity contribution in [2.75, 3.05) is 17.3 Å². The van der Waals surface area contributed by atoms with Crippen LogP contribution in [0.15, 0.2) is 48.5 Å². The van der Waals surface area contributed by atoms with Gasteiger partial charge in [0.25, 0.3) is 11.6 Å². The van der Waals surface area contributed by atoms with Gasteiger partial charge in [-0.1, -0.05) is 18.2 Å². The molecule has 0 spiro atoms. The number of carbonyl (C=O) groups is 2. The number of nitro groups is 1. The van der Waals surface area contributed by atoms with Crippen molar-refractivity contribution in [3.8, 4) is 6.07 Å². The van der Waals surface area contributed by atoms with E-state index in [0.717, 1.165) is 5.56 Å². The second-order valence-electron chi connectivity index (χ2n) is 6.14. The standard InChI is InChI=1S/C20H20N4O4S/c1-29-12-10-18(20(26)22-16-7-5-14(6-8-16)9-11-21)23-19(25)15-3-2-4-17(13-15)24(27)28/h2-8,13,18H,9-10,12H2,1H3,(H,22,26)(H,23,25)/t18-/m1/s1. The number of thioether (sulfide) groups is 1. The minimum atomic E-state index is -0.798. The molecule has 0 aliphatic carbocycles. The minimum absolute atomic E-state index is 0.113. The molecule has 0 saturated carbocycles. The van der Waals surface area contributed by atoms with Crippen LogP contribution in [0.4, 0.5) is 11.4 Å². The molecule has 0 aliphatic heterocycles. The SMILES string of the molecule is CSCC[C@@H](NC(=O)c1cccc([N+](=O)[O-])c1)C(=O)Nc1ccc(CC#N)cc1. The highest BCUT2D eigenvalue weighted by atomic mass is 32.2. The highest BCUT2D eigenvalue weighted by Gasteiger charge is 2.22. The van der Waals surface area contributed by atoms with E-state index >= 15 is 0 Å². The lowest BCUT2D eigenvalue weighted by Crippen LogP contribution is -2.44. The zero-order chi connectivity index (χ0) is 21.2. The molecule has 9 heteroatoms. The summed E-state index contributed by atoms with van der Waals surface area (Å²) in [6, 6.07) is 13.5. The molecule has 2 amide bonds. The molecule has 1 atom stereocenters. The van der Waals surface area contributed by atoms with Gasteiger partial charge in [0.2, 0.25) is 5.91 Å². The average Bonchev–Trinajstić information content (AvgIpc) is 2.72. The molecule has 2 aromatic carbocycles. The second kappa shape index (κ2) is 10.8. The number of benzene rings is 2. The van der Waals surface area contributed by atoms with Crippen molar-refractivity contribution in [1.82, 2.24) is 5.32 Å². The Morgan fingerprint density at radius 2 is 1.97 bits per heavy atom. The number of rotatable bonds is 9. The van der Waals surface area contributed by atoms with Crippen molar-refractivity contribution < 1.29 is 14.5 Å². The fourth-order valence-corrected chi connectivity index (χ4v) is 3.00. The van der Waals surface area contributed by atoms with Crippen LogP contribution in [0.1, 0.15) is 22.3 Å². The van der Waals surface area contributed by atoms with Gasteiger partial charge in [-0.05, 0) is 42.2 Å². The molecule has 150 valence electrons. The number of nitrogens with zero attached hydrogens (tertiary/aromatic N) is 2. The highest BCUT2D eigenvalue weighted by molar-refractivity contribution is 7.98. The Bertz CT molecular complexity index is 925. The predicted octanol–water partition coefficient (Wildman–Crippen LogP) is 3.15. The zero-order valence-corrected chi connectivity index (χ0v) is 16.6. The third-order valence-electron chi connectivity index (χ3n) is 4.06. The van der Waals surface area contributed by atoms with Crippen molar-refractivity contribution in [2.24, 2.45) is 0 Å². The van der Waals surface area contributed by atoms with Crippen molar-refractivity contribution in [3.63, 3.8) is 0 Å². The summed E-state index contributed by atoms with van der Waals surface area (Å²) in [6.45, 7) is 0. The minimum Gasteiger partial charge on any atom is -0.340 e. The fraction of sp³-hybridized carbons (Fsp3) is 0.250. The molecule has 0 heterocycles. The maximum absolute atomic E-state index is 12.7. The van der Waals surface area contributed by atoms with E-state index in [1.807, 2.05) is 6.26 Å². The first-order chi connectivity index (χ1) is 13.9. The van der Waals surface area contributed by atoms with Gasteiger partial charge in [-0.25, -0.2) is 0 Å². The third-order valence-corrected chi connectivity index (χ3v) is 4.70. The second-order valence-corrected chi connectivity index (χ2v) is 7.12. The molecule has 0 aliphatic rings. The van der Waals surface area contributed by atoms with Gasteiger partial charge in [-0.3, -0.25) is 19.7 Å². The van der Waals surface area contributed by atoms with Gasteiger partial charge >= 0.3 is 0 Å². The van der Waals surface area contributed by atoms with Gasteiger partial charge in [-0.2, -0.15) is 17.0 Å². The van der Waals surface area contributed by atoms with Gasteiger partial charge < -0.3 is 10.6 Å². The smallest absolute Gasteiger partial charge is 0.270 e. The average molecular weight is 412 g/mol. The summed E-state index contributed by atoms with van der Waals surface area (Å²) in [5.74, 6) is -0.292. The Balaban J connectivity index is 2.10.